The summed E-state index contributed by atoms with van der Waals surface area (Å²) in [4.78, 5) is 16.2. The van der Waals surface area contributed by atoms with Gasteiger partial charge in [0.25, 0.3) is 5.91 Å². The summed E-state index contributed by atoms with van der Waals surface area (Å²) in [6.07, 6.45) is 5.77. The molecule has 0 saturated carbocycles. The van der Waals surface area contributed by atoms with Gasteiger partial charge in [0.15, 0.2) is 0 Å². The predicted octanol–water partition coefficient (Wildman–Crippen LogP) is 2.66. The van der Waals surface area contributed by atoms with Crippen molar-refractivity contribution in [3.63, 3.8) is 0 Å². The smallest absolute Gasteiger partial charge is 0.251 e. The lowest BCUT2D eigenvalue weighted by Gasteiger charge is -2.15. The number of benzene rings is 1. The first-order valence-electron chi connectivity index (χ1n) is 8.57. The Kier molecular flexibility index (Phi) is 5.80. The van der Waals surface area contributed by atoms with Crippen molar-refractivity contribution in [2.75, 3.05) is 19.7 Å². The summed E-state index contributed by atoms with van der Waals surface area (Å²) >= 11 is 0. The van der Waals surface area contributed by atoms with E-state index >= 15 is 0 Å². The van der Waals surface area contributed by atoms with Crippen molar-refractivity contribution in [2.45, 2.75) is 18.9 Å². The van der Waals surface area contributed by atoms with E-state index in [4.69, 9.17) is 4.74 Å². The van der Waals surface area contributed by atoms with Gasteiger partial charge in [0.1, 0.15) is 12.4 Å². The highest BCUT2D eigenvalue weighted by atomic mass is 16.5. The average Bonchev–Trinajstić information content (AvgIpc) is 3.20. The minimum absolute atomic E-state index is 0.100. The zero-order valence-electron chi connectivity index (χ0n) is 14.2. The van der Waals surface area contributed by atoms with Crippen LogP contribution in [0.1, 0.15) is 28.8 Å². The first kappa shape index (κ1) is 17.2. The Labute approximate surface area is 148 Å². The number of aromatic nitrogens is 1. The van der Waals surface area contributed by atoms with Crippen LogP contribution in [0, 0.1) is 0 Å². The van der Waals surface area contributed by atoms with Gasteiger partial charge in [-0.05, 0) is 43.2 Å². The van der Waals surface area contributed by atoms with Crippen LogP contribution in [0.4, 0.5) is 0 Å². The van der Waals surface area contributed by atoms with E-state index in [0.717, 1.165) is 24.1 Å². The molecule has 3 rings (SSSR count). The van der Waals surface area contributed by atoms with Gasteiger partial charge in [0.2, 0.25) is 0 Å². The molecule has 2 N–H and O–H groups in total. The van der Waals surface area contributed by atoms with E-state index in [9.17, 15) is 4.79 Å². The molecule has 2 heterocycles. The topological polar surface area (TPSA) is 63.2 Å². The maximum absolute atomic E-state index is 11.9. The Morgan fingerprint density at radius 2 is 2.12 bits per heavy atom. The molecule has 0 radical (unpaired) electrons. The number of carbonyl (C=O) groups excluding carboxylic acids is 1. The summed E-state index contributed by atoms with van der Waals surface area (Å²) in [6.45, 7) is 6.04. The quantitative estimate of drug-likeness (QED) is 0.763. The fourth-order valence-electron chi connectivity index (χ4n) is 2.88. The lowest BCUT2D eigenvalue weighted by atomic mass is 10.0. The van der Waals surface area contributed by atoms with E-state index in [-0.39, 0.29) is 5.91 Å². The predicted molar refractivity (Wildman–Crippen MR) is 98.6 cm³/mol. The van der Waals surface area contributed by atoms with Crippen molar-refractivity contribution in [3.8, 4) is 5.75 Å². The number of amides is 1. The molecule has 2 aromatic rings. The first-order valence-corrected chi connectivity index (χ1v) is 8.57. The Morgan fingerprint density at radius 3 is 2.88 bits per heavy atom. The molecule has 1 fully saturated rings. The van der Waals surface area contributed by atoms with Gasteiger partial charge in [-0.25, -0.2) is 0 Å². The highest BCUT2D eigenvalue weighted by Gasteiger charge is 2.18. The van der Waals surface area contributed by atoms with Gasteiger partial charge >= 0.3 is 0 Å². The zero-order chi connectivity index (χ0) is 17.5. The summed E-state index contributed by atoms with van der Waals surface area (Å²) in [6, 6.07) is 11.4. The number of pyridine rings is 1. The Bertz CT molecular complexity index is 725. The van der Waals surface area contributed by atoms with Crippen LogP contribution >= 0.6 is 0 Å². The van der Waals surface area contributed by atoms with Crippen LogP contribution in [0.15, 0.2) is 55.4 Å². The SMILES string of the molecule is C=C(c1cncc(OCCNC(=O)c2ccccc2)c1)[C@H]1CCCN1. The maximum Gasteiger partial charge on any atom is 0.251 e. The number of ether oxygens (including phenoxy) is 1. The fraction of sp³-hybridized carbons (Fsp3) is 0.300. The Hall–Kier alpha value is -2.66. The third-order valence-electron chi connectivity index (χ3n) is 4.26. The molecule has 0 unspecified atom stereocenters. The van der Waals surface area contributed by atoms with Gasteiger partial charge in [-0.3, -0.25) is 9.78 Å². The lowest BCUT2D eigenvalue weighted by Crippen LogP contribution is -2.28. The first-order chi connectivity index (χ1) is 12.2. The van der Waals surface area contributed by atoms with Crippen LogP contribution in [-0.4, -0.2) is 36.6 Å². The molecule has 0 aliphatic carbocycles. The van der Waals surface area contributed by atoms with Crippen molar-refractivity contribution in [1.82, 2.24) is 15.6 Å². The molecule has 5 heteroatoms. The standard InChI is InChI=1S/C20H23N3O2/c1-15(19-8-5-9-22-19)17-12-18(14-21-13-17)25-11-10-23-20(24)16-6-3-2-4-7-16/h2-4,6-7,12-14,19,22H,1,5,8-11H2,(H,23,24)/t19-/m1/s1. The number of hydrogen-bond acceptors (Lipinski definition) is 4. The van der Waals surface area contributed by atoms with E-state index in [0.29, 0.717) is 30.5 Å². The van der Waals surface area contributed by atoms with E-state index < -0.39 is 0 Å². The Morgan fingerprint density at radius 1 is 1.28 bits per heavy atom. The van der Waals surface area contributed by atoms with Crippen molar-refractivity contribution in [3.05, 3.63) is 66.5 Å². The Balaban J connectivity index is 1.48. The van der Waals surface area contributed by atoms with Crippen molar-refractivity contribution >= 4 is 11.5 Å². The van der Waals surface area contributed by atoms with Crippen molar-refractivity contribution < 1.29 is 9.53 Å². The van der Waals surface area contributed by atoms with Crippen LogP contribution in [0.3, 0.4) is 0 Å². The van der Waals surface area contributed by atoms with Crippen molar-refractivity contribution in [2.24, 2.45) is 0 Å². The summed E-state index contributed by atoms with van der Waals surface area (Å²) < 4.78 is 5.71. The van der Waals surface area contributed by atoms with Gasteiger partial charge in [-0.1, -0.05) is 24.8 Å². The third kappa shape index (κ3) is 4.67. The second kappa shape index (κ2) is 8.44. The molecule has 0 spiro atoms. The van der Waals surface area contributed by atoms with E-state index in [1.807, 2.05) is 30.5 Å². The highest BCUT2D eigenvalue weighted by Crippen LogP contribution is 2.24. The molecular weight excluding hydrogens is 314 g/mol. The molecule has 25 heavy (non-hydrogen) atoms. The molecule has 1 saturated heterocycles. The third-order valence-corrected chi connectivity index (χ3v) is 4.26. The van der Waals surface area contributed by atoms with Gasteiger partial charge in [0.05, 0.1) is 12.7 Å². The van der Waals surface area contributed by atoms with E-state index in [1.54, 1.807) is 18.3 Å². The van der Waals surface area contributed by atoms with Crippen LogP contribution in [0.25, 0.3) is 5.57 Å². The van der Waals surface area contributed by atoms with Gasteiger partial charge in [-0.2, -0.15) is 0 Å². The molecular formula is C20H23N3O2. The lowest BCUT2D eigenvalue weighted by molar-refractivity contribution is 0.0947. The van der Waals surface area contributed by atoms with Gasteiger partial charge in [-0.15, -0.1) is 0 Å². The molecule has 1 aromatic carbocycles. The zero-order valence-corrected chi connectivity index (χ0v) is 14.2. The molecule has 1 atom stereocenters. The number of nitrogens with one attached hydrogen (secondary N) is 2. The van der Waals surface area contributed by atoms with Gasteiger partial charge < -0.3 is 15.4 Å². The van der Waals surface area contributed by atoms with E-state index in [2.05, 4.69) is 22.2 Å². The molecule has 1 aliphatic rings. The second-order valence-electron chi connectivity index (χ2n) is 6.05. The highest BCUT2D eigenvalue weighted by molar-refractivity contribution is 5.94. The largest absolute Gasteiger partial charge is 0.490 e. The van der Waals surface area contributed by atoms with Crippen LogP contribution in [0.2, 0.25) is 0 Å². The molecule has 1 aromatic heterocycles. The van der Waals surface area contributed by atoms with Gasteiger partial charge in [0, 0.05) is 23.4 Å². The molecule has 1 amide bonds. The van der Waals surface area contributed by atoms with Crippen LogP contribution < -0.4 is 15.4 Å². The summed E-state index contributed by atoms with van der Waals surface area (Å²) in [5.41, 5.74) is 2.68. The van der Waals surface area contributed by atoms with Crippen LogP contribution in [-0.2, 0) is 0 Å². The molecule has 0 bridgehead atoms. The number of rotatable bonds is 7. The minimum atomic E-state index is -0.100. The molecule has 130 valence electrons. The average molecular weight is 337 g/mol. The monoisotopic (exact) mass is 337 g/mol. The maximum atomic E-state index is 11.9. The fourth-order valence-corrected chi connectivity index (χ4v) is 2.88. The number of carbonyl (C=O) groups is 1. The summed E-state index contributed by atoms with van der Waals surface area (Å²) in [5.74, 6) is 0.586. The van der Waals surface area contributed by atoms with Crippen LogP contribution in [0.5, 0.6) is 5.75 Å². The molecule has 5 nitrogen and oxygen atoms in total. The second-order valence-corrected chi connectivity index (χ2v) is 6.05. The molecule has 1 aliphatic heterocycles. The van der Waals surface area contributed by atoms with E-state index in [1.165, 1.54) is 6.42 Å². The summed E-state index contributed by atoms with van der Waals surface area (Å²) in [7, 11) is 0. The summed E-state index contributed by atoms with van der Waals surface area (Å²) in [5, 5.41) is 6.28. The normalized spacial score (nSPS) is 16.4. The van der Waals surface area contributed by atoms with Crippen molar-refractivity contribution in [1.29, 1.82) is 0 Å². The minimum Gasteiger partial charge on any atom is -0.490 e. The number of nitrogens with zero attached hydrogens (tertiary/aromatic N) is 1. The number of hydrogen-bond donors (Lipinski definition) is 2.